The van der Waals surface area contributed by atoms with Crippen LogP contribution in [0, 0.1) is 0 Å². The summed E-state index contributed by atoms with van der Waals surface area (Å²) in [6.07, 6.45) is 2.11. The number of rotatable bonds is 7. The highest BCUT2D eigenvalue weighted by Crippen LogP contribution is 2.08. The van der Waals surface area contributed by atoms with E-state index >= 15 is 0 Å². The lowest BCUT2D eigenvalue weighted by molar-refractivity contribution is 0.114. The first-order valence-corrected chi connectivity index (χ1v) is 6.19. The molecule has 0 aliphatic carbocycles. The third-order valence-corrected chi connectivity index (χ3v) is 2.63. The van der Waals surface area contributed by atoms with Gasteiger partial charge in [0.05, 0.1) is 13.2 Å². The minimum atomic E-state index is -2.31. The van der Waals surface area contributed by atoms with Crippen molar-refractivity contribution in [3.63, 3.8) is 0 Å². The zero-order valence-corrected chi connectivity index (χ0v) is 8.26. The quantitative estimate of drug-likeness (QED) is 0.321. The van der Waals surface area contributed by atoms with Crippen molar-refractivity contribution in [2.24, 2.45) is 0 Å². The fraction of sp³-hybridized carbons (Fsp3) is 1.00. The number of hydrogen-bond acceptors (Lipinski definition) is 4. The van der Waals surface area contributed by atoms with Crippen LogP contribution in [-0.4, -0.2) is 44.8 Å². The van der Waals surface area contributed by atoms with Gasteiger partial charge in [0.1, 0.15) is 6.10 Å². The molecule has 1 saturated heterocycles. The summed E-state index contributed by atoms with van der Waals surface area (Å²) in [5.74, 6) is 0. The van der Waals surface area contributed by atoms with E-state index in [1.807, 2.05) is 0 Å². The van der Waals surface area contributed by atoms with Crippen molar-refractivity contribution in [3.05, 3.63) is 0 Å². The Hall–Kier alpha value is 0.0569. The van der Waals surface area contributed by atoms with Crippen LogP contribution in [0.5, 0.6) is 0 Å². The summed E-state index contributed by atoms with van der Waals surface area (Å²) >= 11 is 0. The maximum Gasteiger partial charge on any atom is 0.315 e. The molecule has 1 fully saturated rings. The summed E-state index contributed by atoms with van der Waals surface area (Å²) in [4.78, 5) is 17.3. The molecule has 0 amide bonds. The molecule has 1 atom stereocenters. The van der Waals surface area contributed by atoms with Crippen LogP contribution < -0.4 is 0 Å². The molecule has 12 heavy (non-hydrogen) atoms. The molecule has 0 aromatic carbocycles. The molecule has 1 aliphatic rings. The minimum absolute atomic E-state index is 0.336. The van der Waals surface area contributed by atoms with Crippen LogP contribution in [-0.2, 0) is 9.47 Å². The van der Waals surface area contributed by atoms with E-state index in [9.17, 15) is 0 Å². The SMILES string of the molecule is O[SiH](O)CCCCOCC1CO1. The lowest BCUT2D eigenvalue weighted by Gasteiger charge is -2.02. The van der Waals surface area contributed by atoms with Crippen molar-refractivity contribution >= 4 is 9.28 Å². The highest BCUT2D eigenvalue weighted by atomic mass is 28.3. The summed E-state index contributed by atoms with van der Waals surface area (Å²) < 4.78 is 10.2. The van der Waals surface area contributed by atoms with Crippen LogP contribution in [0.4, 0.5) is 0 Å². The monoisotopic (exact) mass is 192 g/mol. The molecule has 2 N–H and O–H groups in total. The Morgan fingerprint density at radius 3 is 2.75 bits per heavy atom. The lowest BCUT2D eigenvalue weighted by Crippen LogP contribution is -2.10. The number of epoxide rings is 1. The van der Waals surface area contributed by atoms with Gasteiger partial charge >= 0.3 is 9.28 Å². The van der Waals surface area contributed by atoms with Crippen LogP contribution >= 0.6 is 0 Å². The standard InChI is InChI=1S/C7H16O4Si/c8-12(9)4-2-1-3-10-5-7-6-11-7/h7-9,12H,1-6H2. The first-order chi connectivity index (χ1) is 5.79. The molecule has 1 heterocycles. The van der Waals surface area contributed by atoms with E-state index < -0.39 is 9.28 Å². The molecular weight excluding hydrogens is 176 g/mol. The Bertz CT molecular complexity index is 110. The second kappa shape index (κ2) is 5.66. The average Bonchev–Trinajstić information content (AvgIpc) is 2.79. The smallest absolute Gasteiger partial charge is 0.315 e. The molecule has 0 saturated carbocycles. The van der Waals surface area contributed by atoms with Gasteiger partial charge in [-0.3, -0.25) is 0 Å². The summed E-state index contributed by atoms with van der Waals surface area (Å²) in [7, 11) is -2.31. The average molecular weight is 192 g/mol. The third-order valence-electron chi connectivity index (χ3n) is 1.71. The Morgan fingerprint density at radius 1 is 1.42 bits per heavy atom. The second-order valence-electron chi connectivity index (χ2n) is 3.01. The van der Waals surface area contributed by atoms with Crippen LogP contribution in [0.25, 0.3) is 0 Å². The summed E-state index contributed by atoms with van der Waals surface area (Å²) in [5, 5.41) is 0. The zero-order valence-electron chi connectivity index (χ0n) is 7.11. The highest BCUT2D eigenvalue weighted by molar-refractivity contribution is 6.40. The Morgan fingerprint density at radius 2 is 2.17 bits per heavy atom. The predicted octanol–water partition coefficient (Wildman–Crippen LogP) is -0.613. The van der Waals surface area contributed by atoms with Crippen molar-refractivity contribution in [1.29, 1.82) is 0 Å². The maximum absolute atomic E-state index is 8.64. The summed E-state index contributed by atoms with van der Waals surface area (Å²) in [6, 6.07) is 0.573. The zero-order chi connectivity index (χ0) is 8.81. The van der Waals surface area contributed by atoms with E-state index in [-0.39, 0.29) is 0 Å². The van der Waals surface area contributed by atoms with Gasteiger partial charge in [-0.05, 0) is 18.9 Å². The lowest BCUT2D eigenvalue weighted by atomic mass is 10.3. The normalized spacial score (nSPS) is 21.8. The number of unbranched alkanes of at least 4 members (excludes halogenated alkanes) is 1. The van der Waals surface area contributed by atoms with E-state index in [0.717, 1.165) is 19.4 Å². The van der Waals surface area contributed by atoms with Gasteiger partial charge in [0.2, 0.25) is 0 Å². The molecule has 0 bridgehead atoms. The first kappa shape index (κ1) is 10.1. The van der Waals surface area contributed by atoms with Gasteiger partial charge in [-0.15, -0.1) is 0 Å². The molecule has 0 spiro atoms. The van der Waals surface area contributed by atoms with Crippen LogP contribution in [0.3, 0.4) is 0 Å². The van der Waals surface area contributed by atoms with Crippen molar-refractivity contribution < 1.29 is 19.1 Å². The van der Waals surface area contributed by atoms with Gasteiger partial charge in [0, 0.05) is 6.61 Å². The fourth-order valence-corrected chi connectivity index (χ4v) is 1.56. The van der Waals surface area contributed by atoms with E-state index in [1.54, 1.807) is 0 Å². The van der Waals surface area contributed by atoms with Crippen molar-refractivity contribution in [2.75, 3.05) is 19.8 Å². The van der Waals surface area contributed by atoms with Crippen molar-refractivity contribution in [2.45, 2.75) is 25.0 Å². The summed E-state index contributed by atoms with van der Waals surface area (Å²) in [5.41, 5.74) is 0. The second-order valence-corrected chi connectivity index (χ2v) is 4.55. The molecule has 72 valence electrons. The van der Waals surface area contributed by atoms with Crippen molar-refractivity contribution in [1.82, 2.24) is 0 Å². The van der Waals surface area contributed by atoms with Crippen LogP contribution in [0.1, 0.15) is 12.8 Å². The molecule has 0 aromatic heterocycles. The van der Waals surface area contributed by atoms with Gasteiger partial charge in [-0.25, -0.2) is 0 Å². The van der Waals surface area contributed by atoms with E-state index in [0.29, 0.717) is 25.4 Å². The molecule has 0 aromatic rings. The Balaban J connectivity index is 1.70. The van der Waals surface area contributed by atoms with Crippen molar-refractivity contribution in [3.8, 4) is 0 Å². The van der Waals surface area contributed by atoms with Crippen LogP contribution in [0.2, 0.25) is 6.04 Å². The maximum atomic E-state index is 8.64. The van der Waals surface area contributed by atoms with Gasteiger partial charge in [-0.1, -0.05) is 0 Å². The van der Waals surface area contributed by atoms with Crippen LogP contribution in [0.15, 0.2) is 0 Å². The molecule has 0 radical (unpaired) electrons. The molecule has 1 unspecified atom stereocenters. The largest absolute Gasteiger partial charge is 0.413 e. The third kappa shape index (κ3) is 5.67. The molecule has 1 aliphatic heterocycles. The Kier molecular flexibility index (Phi) is 4.78. The molecule has 5 heteroatoms. The highest BCUT2D eigenvalue weighted by Gasteiger charge is 2.21. The molecule has 4 nitrogen and oxygen atoms in total. The Labute approximate surface area is 74.0 Å². The van der Waals surface area contributed by atoms with E-state index in [4.69, 9.17) is 19.1 Å². The van der Waals surface area contributed by atoms with Gasteiger partial charge in [0.15, 0.2) is 0 Å². The topological polar surface area (TPSA) is 62.2 Å². The predicted molar refractivity (Wildman–Crippen MR) is 46.2 cm³/mol. The van der Waals surface area contributed by atoms with Gasteiger partial charge < -0.3 is 19.1 Å². The number of ether oxygens (including phenoxy) is 2. The van der Waals surface area contributed by atoms with Gasteiger partial charge in [-0.2, -0.15) is 0 Å². The fourth-order valence-electron chi connectivity index (χ4n) is 0.910. The summed E-state index contributed by atoms with van der Waals surface area (Å²) in [6.45, 7) is 2.24. The minimum Gasteiger partial charge on any atom is -0.413 e. The number of hydrogen-bond donors (Lipinski definition) is 2. The molecule has 1 rings (SSSR count). The molecular formula is C7H16O4Si. The van der Waals surface area contributed by atoms with E-state index in [2.05, 4.69) is 0 Å². The van der Waals surface area contributed by atoms with E-state index in [1.165, 1.54) is 0 Å². The first-order valence-electron chi connectivity index (χ1n) is 4.34. The van der Waals surface area contributed by atoms with Gasteiger partial charge in [0.25, 0.3) is 0 Å².